The van der Waals surface area contributed by atoms with E-state index in [1.54, 1.807) is 4.57 Å². The Bertz CT molecular complexity index is 1140. The maximum absolute atomic E-state index is 12.9. The first-order chi connectivity index (χ1) is 15.4. The lowest BCUT2D eigenvalue weighted by molar-refractivity contribution is -0.147. The van der Waals surface area contributed by atoms with E-state index < -0.39 is 39.3 Å². The predicted octanol–water partition coefficient (Wildman–Crippen LogP) is 1.97. The molecule has 1 atom stereocenters. The summed E-state index contributed by atoms with van der Waals surface area (Å²) < 4.78 is 36.2. The smallest absolute Gasteiger partial charge is 0.322 e. The zero-order valence-electron chi connectivity index (χ0n) is 18.7. The van der Waals surface area contributed by atoms with Gasteiger partial charge in [0.15, 0.2) is 5.15 Å². The van der Waals surface area contributed by atoms with Crippen LogP contribution in [0, 0.1) is 0 Å². The van der Waals surface area contributed by atoms with E-state index in [4.69, 9.17) is 18.1 Å². The summed E-state index contributed by atoms with van der Waals surface area (Å²) in [6.07, 6.45) is 1.48. The molecular weight excluding hydrogens is 462 g/mol. The molecule has 0 unspecified atom stereocenters. The number of aliphatic hydroxyl groups excluding tert-OH is 1. The van der Waals surface area contributed by atoms with Gasteiger partial charge < -0.3 is 19.9 Å². The Morgan fingerprint density at radius 1 is 1.31 bits per heavy atom. The molecule has 3 N–H and O–H groups in total. The number of carbonyl (C=O) groups is 2. The monoisotopic (exact) mass is 488 g/mol. The van der Waals surface area contributed by atoms with Gasteiger partial charge in [0.05, 0.1) is 25.0 Å². The van der Waals surface area contributed by atoms with Gasteiger partial charge in [-0.1, -0.05) is 37.1 Å². The van der Waals surface area contributed by atoms with Crippen LogP contribution in [0.1, 0.15) is 44.6 Å². The van der Waals surface area contributed by atoms with Crippen molar-refractivity contribution in [1.82, 2.24) is 13.9 Å². The summed E-state index contributed by atoms with van der Waals surface area (Å²) in [5, 5.41) is 28.0. The number of sulfonamides is 1. The normalized spacial score (nSPS) is 13.2. The van der Waals surface area contributed by atoms with Crippen molar-refractivity contribution in [2.45, 2.75) is 56.7 Å². The lowest BCUT2D eigenvalue weighted by atomic mass is 10.2. The van der Waals surface area contributed by atoms with Crippen LogP contribution >= 0.6 is 11.6 Å². The highest BCUT2D eigenvalue weighted by atomic mass is 35.5. The second-order valence-corrected chi connectivity index (χ2v) is 9.47. The first-order valence-electron chi connectivity index (χ1n) is 10.3. The second-order valence-electron chi connectivity index (χ2n) is 7.15. The van der Waals surface area contributed by atoms with Crippen molar-refractivity contribution in [3.63, 3.8) is 0 Å². The van der Waals surface area contributed by atoms with Gasteiger partial charge in [0.2, 0.25) is 10.0 Å². The lowest BCUT2D eigenvalue weighted by Gasteiger charge is -2.23. The molecule has 0 spiro atoms. The van der Waals surface area contributed by atoms with Crippen LogP contribution in [-0.4, -0.2) is 62.6 Å². The standard InChI is InChI=1S/C20H26ClN3O7S/c1-3-4-5-17-22-19(21)16(12-25)24(17)11-13-6-8-14(9-7-13)32(30,31)23(2)15(20(28)29)10-18(26)27/h6-9,15,25H,3-5,10-12H2,1-2H3,(H,26,27)(H,28,29)/t15-/m0/s1/i8D. The fourth-order valence-corrected chi connectivity index (χ4v) is 4.63. The average molecular weight is 489 g/mol. The van der Waals surface area contributed by atoms with E-state index in [2.05, 4.69) is 4.98 Å². The molecule has 0 aliphatic heterocycles. The Kier molecular flexibility index (Phi) is 8.24. The van der Waals surface area contributed by atoms with Gasteiger partial charge in [0, 0.05) is 20.0 Å². The van der Waals surface area contributed by atoms with Crippen LogP contribution in [0.25, 0.3) is 0 Å². The molecule has 1 aromatic carbocycles. The van der Waals surface area contributed by atoms with Crippen LogP contribution in [0.3, 0.4) is 0 Å². The number of aliphatic hydroxyl groups is 1. The number of halogens is 1. The van der Waals surface area contributed by atoms with Gasteiger partial charge >= 0.3 is 11.9 Å². The minimum Gasteiger partial charge on any atom is -0.481 e. The Balaban J connectivity index is 2.39. The van der Waals surface area contributed by atoms with Crippen LogP contribution in [0.2, 0.25) is 5.15 Å². The van der Waals surface area contributed by atoms with Gasteiger partial charge in [-0.05, 0) is 24.1 Å². The van der Waals surface area contributed by atoms with Gasteiger partial charge in [-0.25, -0.2) is 13.4 Å². The minimum atomic E-state index is -4.46. The lowest BCUT2D eigenvalue weighted by Crippen LogP contribution is -2.43. The molecule has 1 heterocycles. The van der Waals surface area contributed by atoms with Crippen molar-refractivity contribution in [2.24, 2.45) is 0 Å². The Hall–Kier alpha value is -2.47. The molecule has 10 nitrogen and oxygen atoms in total. The number of imidazole rings is 1. The summed E-state index contributed by atoms with van der Waals surface area (Å²) in [5.74, 6) is -2.42. The SMILES string of the molecule is [2H]c1cc(Cn2c(CCCC)nc(Cl)c2CO)ccc1S(=O)(=O)N(C)[C@@H](CC(=O)O)C(=O)O. The molecule has 0 fully saturated rings. The zero-order valence-corrected chi connectivity index (χ0v) is 19.2. The van der Waals surface area contributed by atoms with Crippen molar-refractivity contribution in [3.05, 3.63) is 46.5 Å². The highest BCUT2D eigenvalue weighted by Crippen LogP contribution is 2.23. The number of benzene rings is 1. The van der Waals surface area contributed by atoms with Crippen LogP contribution in [-0.2, 0) is 39.2 Å². The van der Waals surface area contributed by atoms with Crippen LogP contribution in [0.15, 0.2) is 29.1 Å². The maximum atomic E-state index is 12.9. The van der Waals surface area contributed by atoms with Crippen molar-refractivity contribution in [3.8, 4) is 0 Å². The minimum absolute atomic E-state index is 0.175. The van der Waals surface area contributed by atoms with Gasteiger partial charge in [-0.15, -0.1) is 0 Å². The summed E-state index contributed by atoms with van der Waals surface area (Å²) in [4.78, 5) is 26.2. The number of rotatable bonds is 12. The van der Waals surface area contributed by atoms with E-state index in [1.165, 1.54) is 18.2 Å². The molecule has 1 aromatic heterocycles. The molecule has 0 saturated heterocycles. The quantitative estimate of drug-likeness (QED) is 0.410. The third-order valence-electron chi connectivity index (χ3n) is 4.94. The van der Waals surface area contributed by atoms with Crippen molar-refractivity contribution >= 4 is 33.6 Å². The summed E-state index contributed by atoms with van der Waals surface area (Å²) in [6.45, 7) is 1.87. The molecule has 176 valence electrons. The number of carboxylic acids is 2. The van der Waals surface area contributed by atoms with Crippen LogP contribution in [0.5, 0.6) is 0 Å². The predicted molar refractivity (Wildman–Crippen MR) is 116 cm³/mol. The van der Waals surface area contributed by atoms with Crippen molar-refractivity contribution in [2.75, 3.05) is 7.05 Å². The number of hydrogen-bond acceptors (Lipinski definition) is 6. The molecule has 0 amide bonds. The van der Waals surface area contributed by atoms with E-state index in [1.807, 2.05) is 6.92 Å². The van der Waals surface area contributed by atoms with Crippen molar-refractivity contribution in [1.29, 1.82) is 0 Å². The number of unbranched alkanes of at least 4 members (excludes halogenated alkanes) is 1. The molecule has 0 bridgehead atoms. The van der Waals surface area contributed by atoms with E-state index in [0.717, 1.165) is 19.9 Å². The summed E-state index contributed by atoms with van der Waals surface area (Å²) >= 11 is 6.13. The number of likely N-dealkylation sites (N-methyl/N-ethyl adjacent to an activating group) is 1. The summed E-state index contributed by atoms with van der Waals surface area (Å²) in [6, 6.07) is 1.74. The van der Waals surface area contributed by atoms with Crippen LogP contribution < -0.4 is 0 Å². The first kappa shape index (κ1) is 24.2. The van der Waals surface area contributed by atoms with E-state index >= 15 is 0 Å². The molecule has 2 rings (SSSR count). The zero-order chi connectivity index (χ0) is 24.9. The van der Waals surface area contributed by atoms with E-state index in [9.17, 15) is 28.2 Å². The molecule has 0 saturated carbocycles. The third kappa shape index (κ3) is 5.85. The Morgan fingerprint density at radius 2 is 2.00 bits per heavy atom. The molecule has 0 aliphatic rings. The van der Waals surface area contributed by atoms with Crippen molar-refractivity contribution < 1.29 is 34.7 Å². The largest absolute Gasteiger partial charge is 0.481 e. The Morgan fingerprint density at radius 3 is 2.53 bits per heavy atom. The van der Waals surface area contributed by atoms with Gasteiger partial charge in [0.25, 0.3) is 0 Å². The van der Waals surface area contributed by atoms with Gasteiger partial charge in [-0.3, -0.25) is 9.59 Å². The number of aryl methyl sites for hydroxylation is 1. The van der Waals surface area contributed by atoms with E-state index in [-0.39, 0.29) is 24.3 Å². The summed E-state index contributed by atoms with van der Waals surface area (Å²) in [7, 11) is -3.49. The molecule has 2 aromatic rings. The molecule has 32 heavy (non-hydrogen) atoms. The van der Waals surface area contributed by atoms with Crippen LogP contribution in [0.4, 0.5) is 0 Å². The maximum Gasteiger partial charge on any atom is 0.322 e. The topological polar surface area (TPSA) is 150 Å². The van der Waals surface area contributed by atoms with Gasteiger partial charge in [0.1, 0.15) is 11.9 Å². The third-order valence-corrected chi connectivity index (χ3v) is 7.07. The first-order valence-corrected chi connectivity index (χ1v) is 11.6. The highest BCUT2D eigenvalue weighted by molar-refractivity contribution is 7.89. The molecular formula is C20H26ClN3O7S. The number of aliphatic carboxylic acids is 2. The number of nitrogens with zero attached hydrogens (tertiary/aromatic N) is 3. The Labute approximate surface area is 192 Å². The number of aromatic nitrogens is 2. The molecule has 0 radical (unpaired) electrons. The average Bonchev–Trinajstić information content (AvgIpc) is 3.03. The fraction of sp³-hybridized carbons (Fsp3) is 0.450. The summed E-state index contributed by atoms with van der Waals surface area (Å²) in [5.41, 5.74) is 0.951. The fourth-order valence-electron chi connectivity index (χ4n) is 3.11. The van der Waals surface area contributed by atoms with E-state index in [0.29, 0.717) is 27.8 Å². The number of hydrogen-bond donors (Lipinski definition) is 3. The molecule has 0 aliphatic carbocycles. The number of carboxylic acid groups (broad SMARTS) is 2. The second kappa shape index (κ2) is 10.9. The molecule has 12 heteroatoms. The van der Waals surface area contributed by atoms with Gasteiger partial charge in [-0.2, -0.15) is 4.31 Å². The highest BCUT2D eigenvalue weighted by Gasteiger charge is 2.34.